The Hall–Kier alpha value is -2.38. The molecule has 2 aromatic carbocycles. The Morgan fingerprint density at radius 3 is 2.28 bits per heavy atom. The highest BCUT2D eigenvalue weighted by Gasteiger charge is 2.32. The monoisotopic (exact) mass is 416 g/mol. The van der Waals surface area contributed by atoms with Crippen LogP contribution in [0.25, 0.3) is 0 Å². The van der Waals surface area contributed by atoms with E-state index in [0.717, 1.165) is 11.1 Å². The van der Waals surface area contributed by atoms with E-state index < -0.39 is 16.1 Å². The number of aryl methyl sites for hydroxylation is 2. The van der Waals surface area contributed by atoms with E-state index in [1.165, 1.54) is 4.31 Å². The quantitative estimate of drug-likeness (QED) is 0.726. The molecule has 1 heterocycles. The summed E-state index contributed by atoms with van der Waals surface area (Å²) in [6, 6.07) is 14.3. The second-order valence-corrected chi connectivity index (χ2v) is 9.26. The minimum Gasteiger partial charge on any atom is -0.480 e. The Bertz CT molecular complexity index is 952. The SMILES string of the molecule is CC[C@@H](Oc1ccc(C)cc1C)C(=O)N1CCN(S(=O)(=O)c2ccccc2)CC1. The van der Waals surface area contributed by atoms with Gasteiger partial charge < -0.3 is 9.64 Å². The van der Waals surface area contributed by atoms with Crippen LogP contribution in [0.2, 0.25) is 0 Å². The molecule has 1 aliphatic rings. The number of benzene rings is 2. The van der Waals surface area contributed by atoms with E-state index in [1.54, 1.807) is 35.2 Å². The van der Waals surface area contributed by atoms with Gasteiger partial charge in [0.25, 0.3) is 5.91 Å². The summed E-state index contributed by atoms with van der Waals surface area (Å²) >= 11 is 0. The molecule has 0 aliphatic carbocycles. The van der Waals surface area contributed by atoms with Gasteiger partial charge in [-0.2, -0.15) is 4.31 Å². The van der Waals surface area contributed by atoms with Gasteiger partial charge in [0.2, 0.25) is 10.0 Å². The molecule has 0 aromatic heterocycles. The number of piperazine rings is 1. The number of rotatable bonds is 6. The third-order valence-electron chi connectivity index (χ3n) is 5.18. The van der Waals surface area contributed by atoms with Crippen molar-refractivity contribution in [2.45, 2.75) is 38.2 Å². The molecule has 0 bridgehead atoms. The summed E-state index contributed by atoms with van der Waals surface area (Å²) < 4.78 is 33.0. The van der Waals surface area contributed by atoms with E-state index >= 15 is 0 Å². The van der Waals surface area contributed by atoms with Crippen molar-refractivity contribution < 1.29 is 17.9 Å². The van der Waals surface area contributed by atoms with Crippen molar-refractivity contribution in [2.24, 2.45) is 0 Å². The summed E-state index contributed by atoms with van der Waals surface area (Å²) in [6.45, 7) is 7.18. The highest BCUT2D eigenvalue weighted by Crippen LogP contribution is 2.22. The van der Waals surface area contributed by atoms with Gasteiger partial charge in [-0.05, 0) is 44.0 Å². The normalized spacial score (nSPS) is 16.4. The van der Waals surface area contributed by atoms with Crippen LogP contribution in [-0.4, -0.2) is 55.8 Å². The molecule has 7 heteroatoms. The Kier molecular flexibility index (Phi) is 6.59. The van der Waals surface area contributed by atoms with Crippen molar-refractivity contribution in [1.29, 1.82) is 0 Å². The lowest BCUT2D eigenvalue weighted by molar-refractivity contribution is -0.140. The second-order valence-electron chi connectivity index (χ2n) is 7.33. The maximum atomic E-state index is 13.0. The van der Waals surface area contributed by atoms with E-state index in [4.69, 9.17) is 4.74 Å². The zero-order valence-corrected chi connectivity index (χ0v) is 18.0. The van der Waals surface area contributed by atoms with Crippen LogP contribution >= 0.6 is 0 Å². The number of amides is 1. The van der Waals surface area contributed by atoms with E-state index in [9.17, 15) is 13.2 Å². The van der Waals surface area contributed by atoms with Gasteiger partial charge in [0, 0.05) is 26.2 Å². The number of carbonyl (C=O) groups excluding carboxylic acids is 1. The first kappa shape index (κ1) is 21.3. The van der Waals surface area contributed by atoms with Gasteiger partial charge >= 0.3 is 0 Å². The summed E-state index contributed by atoms with van der Waals surface area (Å²) in [4.78, 5) is 15.0. The van der Waals surface area contributed by atoms with Crippen molar-refractivity contribution in [1.82, 2.24) is 9.21 Å². The smallest absolute Gasteiger partial charge is 0.263 e. The van der Waals surface area contributed by atoms with E-state index in [-0.39, 0.29) is 23.9 Å². The lowest BCUT2D eigenvalue weighted by atomic mass is 10.1. The van der Waals surface area contributed by atoms with E-state index in [1.807, 2.05) is 39.0 Å². The fourth-order valence-electron chi connectivity index (χ4n) is 3.49. The largest absolute Gasteiger partial charge is 0.480 e. The topological polar surface area (TPSA) is 66.9 Å². The Balaban J connectivity index is 1.64. The fourth-order valence-corrected chi connectivity index (χ4v) is 4.93. The van der Waals surface area contributed by atoms with Crippen molar-refractivity contribution in [3.8, 4) is 5.75 Å². The van der Waals surface area contributed by atoms with E-state index in [0.29, 0.717) is 25.3 Å². The molecule has 1 fully saturated rings. The van der Waals surface area contributed by atoms with Crippen molar-refractivity contribution in [2.75, 3.05) is 26.2 Å². The number of carbonyl (C=O) groups is 1. The van der Waals surface area contributed by atoms with Gasteiger partial charge in [0.05, 0.1) is 4.90 Å². The van der Waals surface area contributed by atoms with Crippen LogP contribution in [0, 0.1) is 13.8 Å². The summed E-state index contributed by atoms with van der Waals surface area (Å²) in [7, 11) is -3.53. The van der Waals surface area contributed by atoms with Crippen LogP contribution in [0.15, 0.2) is 53.4 Å². The second kappa shape index (κ2) is 8.97. The molecule has 1 atom stereocenters. The van der Waals surface area contributed by atoms with Crippen molar-refractivity contribution >= 4 is 15.9 Å². The van der Waals surface area contributed by atoms with E-state index in [2.05, 4.69) is 0 Å². The number of nitrogens with zero attached hydrogens (tertiary/aromatic N) is 2. The van der Waals surface area contributed by atoms with Crippen molar-refractivity contribution in [3.63, 3.8) is 0 Å². The number of hydrogen-bond acceptors (Lipinski definition) is 4. The first-order valence-electron chi connectivity index (χ1n) is 9.91. The highest BCUT2D eigenvalue weighted by molar-refractivity contribution is 7.89. The van der Waals surface area contributed by atoms with Gasteiger partial charge in [-0.1, -0.05) is 42.8 Å². The summed E-state index contributed by atoms with van der Waals surface area (Å²) in [5, 5.41) is 0. The molecule has 29 heavy (non-hydrogen) atoms. The molecule has 156 valence electrons. The van der Waals surface area contributed by atoms with Crippen LogP contribution in [0.1, 0.15) is 24.5 Å². The standard InChI is InChI=1S/C22H28N2O4S/c1-4-20(28-21-11-10-17(2)16-18(21)3)22(25)23-12-14-24(15-13-23)29(26,27)19-8-6-5-7-9-19/h5-11,16,20H,4,12-15H2,1-3H3/t20-/m1/s1. The van der Waals surface area contributed by atoms with Crippen LogP contribution in [0.3, 0.4) is 0 Å². The summed E-state index contributed by atoms with van der Waals surface area (Å²) in [5.41, 5.74) is 2.14. The lowest BCUT2D eigenvalue weighted by Crippen LogP contribution is -2.53. The first-order valence-corrected chi connectivity index (χ1v) is 11.3. The molecule has 0 saturated carbocycles. The molecular formula is C22H28N2O4S. The lowest BCUT2D eigenvalue weighted by Gasteiger charge is -2.35. The van der Waals surface area contributed by atoms with Gasteiger partial charge in [-0.3, -0.25) is 4.79 Å². The first-order chi connectivity index (χ1) is 13.8. The molecule has 0 spiro atoms. The number of hydrogen-bond donors (Lipinski definition) is 0. The Morgan fingerprint density at radius 2 is 1.69 bits per heavy atom. The minimum absolute atomic E-state index is 0.0933. The third-order valence-corrected chi connectivity index (χ3v) is 7.09. The molecular weight excluding hydrogens is 388 g/mol. The van der Waals surface area contributed by atoms with Gasteiger partial charge in [0.1, 0.15) is 5.75 Å². The number of ether oxygens (including phenoxy) is 1. The zero-order chi connectivity index (χ0) is 21.0. The minimum atomic E-state index is -3.53. The average Bonchev–Trinajstić information content (AvgIpc) is 2.73. The average molecular weight is 417 g/mol. The molecule has 2 aromatic rings. The maximum absolute atomic E-state index is 13.0. The fraction of sp³-hybridized carbons (Fsp3) is 0.409. The Morgan fingerprint density at radius 1 is 1.03 bits per heavy atom. The van der Waals surface area contributed by atoms with Crippen molar-refractivity contribution in [3.05, 3.63) is 59.7 Å². The van der Waals surface area contributed by atoms with Crippen LogP contribution < -0.4 is 4.74 Å². The molecule has 0 radical (unpaired) electrons. The Labute approximate surface area is 173 Å². The predicted molar refractivity (Wildman–Crippen MR) is 112 cm³/mol. The summed E-state index contributed by atoms with van der Waals surface area (Å²) in [5.74, 6) is 0.616. The third kappa shape index (κ3) is 4.79. The van der Waals surface area contributed by atoms with Crippen LogP contribution in [0.4, 0.5) is 0 Å². The predicted octanol–water partition coefficient (Wildman–Crippen LogP) is 2.99. The molecule has 6 nitrogen and oxygen atoms in total. The molecule has 0 unspecified atom stereocenters. The van der Waals surface area contributed by atoms with Gasteiger partial charge in [0.15, 0.2) is 6.10 Å². The van der Waals surface area contributed by atoms with Crippen LogP contribution in [0.5, 0.6) is 5.75 Å². The molecule has 1 amide bonds. The highest BCUT2D eigenvalue weighted by atomic mass is 32.2. The molecule has 3 rings (SSSR count). The zero-order valence-electron chi connectivity index (χ0n) is 17.2. The van der Waals surface area contributed by atoms with Gasteiger partial charge in [-0.15, -0.1) is 0 Å². The molecule has 0 N–H and O–H groups in total. The molecule has 1 saturated heterocycles. The number of sulfonamides is 1. The maximum Gasteiger partial charge on any atom is 0.263 e. The van der Waals surface area contributed by atoms with Crippen LogP contribution in [-0.2, 0) is 14.8 Å². The summed E-state index contributed by atoms with van der Waals surface area (Å²) in [6.07, 6.45) is -0.0250. The van der Waals surface area contributed by atoms with Gasteiger partial charge in [-0.25, -0.2) is 8.42 Å². The molecule has 1 aliphatic heterocycles.